The Morgan fingerprint density at radius 2 is 1.75 bits per heavy atom. The number of piperidine rings is 1. The number of anilines is 2. The van der Waals surface area contributed by atoms with E-state index in [4.69, 9.17) is 14.2 Å². The Bertz CT molecular complexity index is 3010. The number of amides is 3. The molecular weight excluding hydrogens is 891 g/mol. The molecule has 1 spiro atoms. The van der Waals surface area contributed by atoms with E-state index in [0.717, 1.165) is 69.3 Å². The predicted molar refractivity (Wildman–Crippen MR) is 241 cm³/mol. The Kier molecular flexibility index (Phi) is 11.7. The normalized spacial score (nSPS) is 23.8. The number of aromatic nitrogens is 4. The van der Waals surface area contributed by atoms with Crippen LogP contribution in [0, 0.1) is 23.0 Å². The first kappa shape index (κ1) is 44.8. The smallest absolute Gasteiger partial charge is 0.329 e. The summed E-state index contributed by atoms with van der Waals surface area (Å²) in [7, 11) is -0.823. The third-order valence-corrected chi connectivity index (χ3v) is 15.9. The van der Waals surface area contributed by atoms with Crippen LogP contribution < -0.4 is 25.2 Å². The minimum absolute atomic E-state index is 0.0438. The molecule has 5 fully saturated rings. The van der Waals surface area contributed by atoms with Crippen molar-refractivity contribution in [3.8, 4) is 17.6 Å². The lowest BCUT2D eigenvalue weighted by molar-refractivity contribution is -0.120. The molecule has 10 rings (SSSR count). The van der Waals surface area contributed by atoms with E-state index < -0.39 is 33.4 Å². The molecule has 18 nitrogen and oxygen atoms in total. The zero-order valence-electron chi connectivity index (χ0n) is 37.0. The van der Waals surface area contributed by atoms with Crippen LogP contribution in [0.1, 0.15) is 80.9 Å². The van der Waals surface area contributed by atoms with E-state index in [0.29, 0.717) is 47.8 Å². The number of carbonyl (C=O) groups is 2. The van der Waals surface area contributed by atoms with Crippen LogP contribution in [0.15, 0.2) is 53.6 Å². The van der Waals surface area contributed by atoms with Crippen molar-refractivity contribution in [2.24, 2.45) is 7.05 Å². The van der Waals surface area contributed by atoms with Gasteiger partial charge in [0, 0.05) is 64.7 Å². The molecule has 67 heavy (non-hydrogen) atoms. The van der Waals surface area contributed by atoms with Gasteiger partial charge in [-0.1, -0.05) is 0 Å². The van der Waals surface area contributed by atoms with Crippen molar-refractivity contribution in [1.29, 1.82) is 5.26 Å². The summed E-state index contributed by atoms with van der Waals surface area (Å²) >= 11 is 0. The van der Waals surface area contributed by atoms with E-state index in [1.54, 1.807) is 22.4 Å². The first-order valence-corrected chi connectivity index (χ1v) is 24.0. The van der Waals surface area contributed by atoms with Gasteiger partial charge in [-0.2, -0.15) is 23.1 Å². The third kappa shape index (κ3) is 8.39. The number of hydrogen-bond donors (Lipinski definition) is 2. The second-order valence-electron chi connectivity index (χ2n) is 18.2. The number of nitriles is 1. The molecule has 2 N–H and O–H groups in total. The number of ether oxygens (including phenoxy) is 3. The average Bonchev–Trinajstić information content (AvgIpc) is 4.06. The van der Waals surface area contributed by atoms with Gasteiger partial charge in [0.15, 0.2) is 17.4 Å². The van der Waals surface area contributed by atoms with Crippen molar-refractivity contribution >= 4 is 55.5 Å². The van der Waals surface area contributed by atoms with Gasteiger partial charge >= 0.3 is 16.2 Å². The van der Waals surface area contributed by atoms with Crippen LogP contribution in [0.5, 0.6) is 11.5 Å². The van der Waals surface area contributed by atoms with Crippen LogP contribution in [-0.4, -0.2) is 113 Å². The van der Waals surface area contributed by atoms with Gasteiger partial charge in [-0.05, 0) is 105 Å². The van der Waals surface area contributed by atoms with Crippen molar-refractivity contribution < 1.29 is 41.0 Å². The molecule has 3 amide bonds. The number of halogens is 2. The standard InChI is InChI=1S/C46H50F2N10O8S/c1-54-40-21-32(37(48)20-34(40)43(52-54)57-16-12-41(59)51-45(57)61)27-3-5-28(6-4-27)55-17-13-46(14-18-55)22-29(25-65-46)58-26-50-38-9-7-30(19-33(38)44(58)60)66-42-35(23-49)39(10-8-36(42)47)53-67(62,63)56-15-11-31(24-56)64-2/h7-10,19-21,26-29,31,53H,3-6,11-18,22,24-25H2,1-2H3,(H,51,59,61)/t27?,28?,29-,31-/m1/s1. The molecule has 5 aromatic rings. The molecule has 0 radical (unpaired) electrons. The Hall–Kier alpha value is -6.05. The van der Waals surface area contributed by atoms with Gasteiger partial charge in [0.1, 0.15) is 23.2 Å². The lowest BCUT2D eigenvalue weighted by Crippen LogP contribution is -2.49. The van der Waals surface area contributed by atoms with Crippen molar-refractivity contribution in [1.82, 2.24) is 33.9 Å². The van der Waals surface area contributed by atoms with Crippen LogP contribution in [0.3, 0.4) is 0 Å². The van der Waals surface area contributed by atoms with Gasteiger partial charge in [-0.25, -0.2) is 18.6 Å². The summed E-state index contributed by atoms with van der Waals surface area (Å²) in [6, 6.07) is 11.4. The number of nitrogens with zero attached hydrogens (tertiary/aromatic N) is 8. The molecule has 5 aliphatic rings. The van der Waals surface area contributed by atoms with Crippen LogP contribution in [-0.2, 0) is 31.5 Å². The van der Waals surface area contributed by atoms with E-state index in [2.05, 4.69) is 25.0 Å². The Labute approximate surface area is 384 Å². The molecule has 3 aromatic carbocycles. The average molecular weight is 941 g/mol. The second-order valence-corrected chi connectivity index (χ2v) is 19.9. The summed E-state index contributed by atoms with van der Waals surface area (Å²) < 4.78 is 82.0. The minimum atomic E-state index is -4.10. The van der Waals surface area contributed by atoms with Gasteiger partial charge in [0.05, 0.1) is 52.8 Å². The predicted octanol–water partition coefficient (Wildman–Crippen LogP) is 5.57. The number of nitrogens with one attached hydrogen (secondary N) is 2. The third-order valence-electron chi connectivity index (χ3n) is 14.4. The summed E-state index contributed by atoms with van der Waals surface area (Å²) in [6.07, 6.45) is 7.63. The first-order valence-electron chi connectivity index (χ1n) is 22.6. The number of aryl methyl sites for hydroxylation is 1. The zero-order valence-corrected chi connectivity index (χ0v) is 37.9. The topological polar surface area (TPSA) is 206 Å². The fourth-order valence-electron chi connectivity index (χ4n) is 10.7. The van der Waals surface area contributed by atoms with Crippen LogP contribution in [0.4, 0.5) is 25.1 Å². The maximum absolute atomic E-state index is 15.8. The maximum Gasteiger partial charge on any atom is 0.329 e. The molecular formula is C46H50F2N10O8S. The highest BCUT2D eigenvalue weighted by molar-refractivity contribution is 7.90. The largest absolute Gasteiger partial charge is 0.453 e. The molecule has 0 unspecified atom stereocenters. The van der Waals surface area contributed by atoms with Crippen molar-refractivity contribution in [3.05, 3.63) is 81.9 Å². The van der Waals surface area contributed by atoms with E-state index in [9.17, 15) is 28.1 Å². The molecule has 2 aromatic heterocycles. The highest BCUT2D eigenvalue weighted by Crippen LogP contribution is 2.44. The molecule has 1 saturated carbocycles. The van der Waals surface area contributed by atoms with Crippen LogP contribution in [0.2, 0.25) is 0 Å². The number of benzene rings is 3. The van der Waals surface area contributed by atoms with Gasteiger partial charge in [0.2, 0.25) is 5.91 Å². The van der Waals surface area contributed by atoms with Crippen molar-refractivity contribution in [3.63, 3.8) is 0 Å². The number of methoxy groups -OCH3 is 1. The molecule has 4 saturated heterocycles. The van der Waals surface area contributed by atoms with Crippen LogP contribution >= 0.6 is 0 Å². The number of fused-ring (bicyclic) bond motifs is 2. The highest BCUT2D eigenvalue weighted by Gasteiger charge is 2.45. The van der Waals surface area contributed by atoms with Crippen LogP contribution in [0.25, 0.3) is 21.8 Å². The quantitative estimate of drug-likeness (QED) is 0.176. The molecule has 4 aliphatic heterocycles. The molecule has 6 heterocycles. The van der Waals surface area contributed by atoms with Gasteiger partial charge in [0.25, 0.3) is 5.56 Å². The number of rotatable bonds is 10. The number of urea groups is 1. The molecule has 1 aliphatic carbocycles. The Morgan fingerprint density at radius 1 is 0.955 bits per heavy atom. The summed E-state index contributed by atoms with van der Waals surface area (Å²) in [5.74, 6) is -1.63. The Balaban J connectivity index is 0.773. The fourth-order valence-corrected chi connectivity index (χ4v) is 12.0. The van der Waals surface area contributed by atoms with Gasteiger partial charge in [-0.15, -0.1) is 0 Å². The first-order chi connectivity index (χ1) is 32.2. The van der Waals surface area contributed by atoms with Crippen molar-refractivity contribution in [2.75, 3.05) is 56.1 Å². The second kappa shape index (κ2) is 17.6. The molecule has 21 heteroatoms. The number of imide groups is 1. The Morgan fingerprint density at radius 3 is 2.48 bits per heavy atom. The lowest BCUT2D eigenvalue weighted by Gasteiger charge is -2.44. The van der Waals surface area contributed by atoms with Crippen molar-refractivity contribution in [2.45, 2.75) is 87.5 Å². The number of likely N-dealkylation sites (tertiary alicyclic amines) is 1. The summed E-state index contributed by atoms with van der Waals surface area (Å²) in [4.78, 5) is 46.8. The fraction of sp³-hybridized carbons (Fsp3) is 0.478. The van der Waals surface area contributed by atoms with Gasteiger partial charge in [-0.3, -0.25) is 33.8 Å². The van der Waals surface area contributed by atoms with E-state index >= 15 is 8.78 Å². The highest BCUT2D eigenvalue weighted by atomic mass is 32.2. The monoisotopic (exact) mass is 940 g/mol. The molecule has 352 valence electrons. The molecule has 2 atom stereocenters. The minimum Gasteiger partial charge on any atom is -0.453 e. The van der Waals surface area contributed by atoms with E-state index in [-0.39, 0.29) is 83.8 Å². The SMILES string of the molecule is CO[C@@H]1CCN(S(=O)(=O)Nc2ccc(F)c(Oc3ccc4ncn([C@H]5COC6(CCN(C7CCC(c8cc9c(cc8F)c(N8CCC(=O)NC8=O)nn9C)CC7)CC6)C5)c(=O)c4c3)c2C#N)C1. The van der Waals surface area contributed by atoms with E-state index in [1.807, 2.05) is 12.1 Å². The number of carbonyl (C=O) groups excluding carboxylic acids is 2. The lowest BCUT2D eigenvalue weighted by atomic mass is 9.79. The van der Waals surface area contributed by atoms with E-state index in [1.165, 1.54) is 40.8 Å². The zero-order chi connectivity index (χ0) is 46.8. The summed E-state index contributed by atoms with van der Waals surface area (Å²) in [6.45, 7) is 2.52. The summed E-state index contributed by atoms with van der Waals surface area (Å²) in [5, 5.41) is 17.6. The maximum atomic E-state index is 15.8. The molecule has 0 bridgehead atoms. The summed E-state index contributed by atoms with van der Waals surface area (Å²) in [5.41, 5.74) is 0.520. The van der Waals surface area contributed by atoms with Gasteiger partial charge < -0.3 is 19.1 Å². The number of hydrogen-bond acceptors (Lipinski definition) is 12.